The molecular weight excluding hydrogens is 209 g/mol. The van der Waals surface area contributed by atoms with Crippen LogP contribution < -0.4 is 0 Å². The Morgan fingerprint density at radius 3 is 1.25 bits per heavy atom. The molecule has 0 spiro atoms. The molecule has 0 rings (SSSR count). The quantitative estimate of drug-likeness (QED) is 0.494. The van der Waals surface area contributed by atoms with E-state index in [9.17, 15) is 0 Å². The molecule has 0 saturated heterocycles. The molecule has 0 saturated carbocycles. The molecule has 0 aliphatic heterocycles. The monoisotopic (exact) mass is 212 g/mol. The maximum atomic E-state index is 4.95. The van der Waals surface area contributed by atoms with Crippen LogP contribution >= 0.6 is 19.4 Å². The third kappa shape index (κ3) is 9.27. The van der Waals surface area contributed by atoms with Crippen molar-refractivity contribution in [2.45, 2.75) is 0 Å². The molecule has 0 nitrogen and oxygen atoms in total. The fourth-order valence-electron chi connectivity index (χ4n) is 0. The molecule has 0 heterocycles. The van der Waals surface area contributed by atoms with Crippen LogP contribution in [-0.4, -0.2) is 17.6 Å². The topological polar surface area (TPSA) is 0 Å². The molecule has 0 N–H and O–H groups in total. The summed E-state index contributed by atoms with van der Waals surface area (Å²) in [5.74, 6) is 0. The summed E-state index contributed by atoms with van der Waals surface area (Å²) < 4.78 is 0. The van der Waals surface area contributed by atoms with Crippen molar-refractivity contribution in [3.8, 4) is 0 Å². The van der Waals surface area contributed by atoms with Gasteiger partial charge in [0, 0.05) is 0 Å². The summed E-state index contributed by atoms with van der Waals surface area (Å²) in [4.78, 5) is 0. The molecule has 0 aromatic heterocycles. The molecule has 0 atom stereocenters. The Kier molecular flexibility index (Phi) is 20.4. The second-order valence-corrected chi connectivity index (χ2v) is 4.72. The van der Waals surface area contributed by atoms with Crippen LogP contribution in [0.25, 0.3) is 0 Å². The van der Waals surface area contributed by atoms with Crippen LogP contribution in [0.5, 0.6) is 0 Å². The van der Waals surface area contributed by atoms with Crippen LogP contribution in [0.3, 0.4) is 0 Å². The summed E-state index contributed by atoms with van der Waals surface area (Å²) in [6.45, 7) is 0. The van der Waals surface area contributed by atoms with Gasteiger partial charge in [0.1, 0.15) is 0 Å². The normalized spacial score (nSPS) is 2.50. The Morgan fingerprint density at radius 1 is 1.25 bits per heavy atom. The SMILES string of the molecule is [Cl][Zn][Cl].[GeH4]. The van der Waals surface area contributed by atoms with Crippen molar-refractivity contribution in [3.05, 3.63) is 0 Å². The van der Waals surface area contributed by atoms with Gasteiger partial charge in [-0.05, 0) is 0 Å². The standard InChI is InChI=1S/2ClH.GeH4.Zn/h2*1H;1H4;/q;;;+2/p-2. The molecule has 0 amide bonds. The molecule has 0 aliphatic rings. The van der Waals surface area contributed by atoms with Crippen molar-refractivity contribution in [1.29, 1.82) is 0 Å². The molecule has 0 aromatic rings. The summed E-state index contributed by atoms with van der Waals surface area (Å²) in [5.41, 5.74) is 0. The molecule has 4 heteroatoms. The molecule has 0 fully saturated rings. The van der Waals surface area contributed by atoms with E-state index in [0.29, 0.717) is 0 Å². The Labute approximate surface area is 51.9 Å². The van der Waals surface area contributed by atoms with Gasteiger partial charge in [0.2, 0.25) is 0 Å². The van der Waals surface area contributed by atoms with Crippen molar-refractivity contribution in [2.24, 2.45) is 0 Å². The van der Waals surface area contributed by atoms with E-state index in [0.717, 1.165) is 0 Å². The van der Waals surface area contributed by atoms with Gasteiger partial charge in [0.15, 0.2) is 0 Å². The second-order valence-electron chi connectivity index (χ2n) is 0.101. The van der Waals surface area contributed by atoms with Crippen LogP contribution in [-0.2, 0) is 15.1 Å². The first-order valence-electron chi connectivity index (χ1n) is 0.535. The fourth-order valence-corrected chi connectivity index (χ4v) is 0. The Hall–Kier alpha value is 1.75. The van der Waals surface area contributed by atoms with E-state index in [1.54, 1.807) is 0 Å². The summed E-state index contributed by atoms with van der Waals surface area (Å²) in [7, 11) is 9.90. The first-order chi connectivity index (χ1) is 1.41. The summed E-state index contributed by atoms with van der Waals surface area (Å²) in [5, 5.41) is 0. The molecule has 24 valence electrons. The van der Waals surface area contributed by atoms with E-state index in [-0.39, 0.29) is 17.6 Å². The van der Waals surface area contributed by atoms with E-state index in [1.807, 2.05) is 0 Å². The second kappa shape index (κ2) is 8.83. The zero-order chi connectivity index (χ0) is 2.71. The summed E-state index contributed by atoms with van der Waals surface area (Å²) >= 11 is -0.931. The van der Waals surface area contributed by atoms with Crippen LogP contribution in [0.1, 0.15) is 0 Å². The van der Waals surface area contributed by atoms with Gasteiger partial charge in [0.25, 0.3) is 0 Å². The van der Waals surface area contributed by atoms with E-state index in [4.69, 9.17) is 19.4 Å². The van der Waals surface area contributed by atoms with Crippen molar-refractivity contribution in [1.82, 2.24) is 0 Å². The predicted molar refractivity (Wildman–Crippen MR) is 23.0 cm³/mol. The predicted octanol–water partition coefficient (Wildman–Crippen LogP) is -0.0751. The van der Waals surface area contributed by atoms with Gasteiger partial charge in [-0.1, -0.05) is 0 Å². The Bertz CT molecular complexity index is 6.00. The maximum absolute atomic E-state index is 4.95. The van der Waals surface area contributed by atoms with E-state index >= 15 is 0 Å². The molecule has 0 radical (unpaired) electrons. The first kappa shape index (κ1) is 9.22. The zero-order valence-corrected chi connectivity index (χ0v) is 5.94. The van der Waals surface area contributed by atoms with Gasteiger partial charge < -0.3 is 0 Å². The van der Waals surface area contributed by atoms with Crippen molar-refractivity contribution in [3.63, 3.8) is 0 Å². The molecular formula is H4Cl2GeZn. The summed E-state index contributed by atoms with van der Waals surface area (Å²) in [6, 6.07) is 0. The summed E-state index contributed by atoms with van der Waals surface area (Å²) in [6.07, 6.45) is 0. The molecule has 0 aromatic carbocycles. The van der Waals surface area contributed by atoms with E-state index in [2.05, 4.69) is 0 Å². The molecule has 0 aliphatic carbocycles. The van der Waals surface area contributed by atoms with Gasteiger partial charge in [-0.25, -0.2) is 0 Å². The van der Waals surface area contributed by atoms with Gasteiger partial charge in [-0.2, -0.15) is 0 Å². The number of hydrogen-bond donors (Lipinski definition) is 0. The van der Waals surface area contributed by atoms with Gasteiger partial charge in [-0.3, -0.25) is 0 Å². The third-order valence-corrected chi connectivity index (χ3v) is 0. The van der Waals surface area contributed by atoms with Gasteiger partial charge in [0.05, 0.1) is 0 Å². The van der Waals surface area contributed by atoms with Crippen LogP contribution in [0.15, 0.2) is 0 Å². The molecule has 0 bridgehead atoms. The number of halogens is 2. The number of hydrogen-bond acceptors (Lipinski definition) is 0. The van der Waals surface area contributed by atoms with Crippen LogP contribution in [0.2, 0.25) is 0 Å². The fraction of sp³-hybridized carbons (Fsp3) is 0. The Balaban J connectivity index is 0. The first-order valence-corrected chi connectivity index (χ1v) is 8.33. The Morgan fingerprint density at radius 2 is 1.25 bits per heavy atom. The molecule has 0 unspecified atom stereocenters. The average Bonchev–Trinajstić information content (AvgIpc) is 0.918. The minimum atomic E-state index is -0.931. The van der Waals surface area contributed by atoms with Gasteiger partial charge >= 0.3 is 52.1 Å². The van der Waals surface area contributed by atoms with Crippen molar-refractivity contribution < 1.29 is 15.1 Å². The van der Waals surface area contributed by atoms with Crippen LogP contribution in [0, 0.1) is 0 Å². The van der Waals surface area contributed by atoms with Crippen molar-refractivity contribution in [2.75, 3.05) is 0 Å². The number of rotatable bonds is 0. The van der Waals surface area contributed by atoms with E-state index in [1.165, 1.54) is 0 Å². The van der Waals surface area contributed by atoms with Crippen molar-refractivity contribution >= 4 is 37.0 Å². The third-order valence-electron chi connectivity index (χ3n) is 0. The zero-order valence-electron chi connectivity index (χ0n) is 1.46. The average molecular weight is 213 g/mol. The van der Waals surface area contributed by atoms with Crippen LogP contribution in [0.4, 0.5) is 0 Å². The van der Waals surface area contributed by atoms with E-state index < -0.39 is 15.1 Å². The molecule has 4 heavy (non-hydrogen) atoms. The van der Waals surface area contributed by atoms with Gasteiger partial charge in [-0.15, -0.1) is 0 Å². The minimum absolute atomic E-state index is 0.